The molecule has 96 valence electrons. The molecule has 0 bridgehead atoms. The van der Waals surface area contributed by atoms with Gasteiger partial charge in [0.05, 0.1) is 12.2 Å². The van der Waals surface area contributed by atoms with Crippen LogP contribution in [0.2, 0.25) is 0 Å². The summed E-state index contributed by atoms with van der Waals surface area (Å²) in [6.07, 6.45) is 1.67. The van der Waals surface area contributed by atoms with Gasteiger partial charge >= 0.3 is 0 Å². The number of halogens is 2. The third kappa shape index (κ3) is 2.47. The van der Waals surface area contributed by atoms with Crippen molar-refractivity contribution >= 4 is 5.82 Å². The quantitative estimate of drug-likeness (QED) is 0.483. The van der Waals surface area contributed by atoms with Crippen LogP contribution in [-0.4, -0.2) is 10.2 Å². The maximum atomic E-state index is 13.5. The Labute approximate surface area is 102 Å². The third-order valence-corrected chi connectivity index (χ3v) is 2.71. The molecule has 1 aromatic carbocycles. The second-order valence-corrected chi connectivity index (χ2v) is 3.90. The molecule has 5 nitrogen and oxygen atoms in total. The molecular weight excluding hydrogens is 240 g/mol. The van der Waals surface area contributed by atoms with E-state index < -0.39 is 17.7 Å². The number of nitrogens with one attached hydrogen (secondary N) is 2. The fraction of sp³-hybridized carbons (Fsp3) is 0.182. The van der Waals surface area contributed by atoms with E-state index in [2.05, 4.69) is 15.6 Å². The molecular formula is C11H13F2N5. The van der Waals surface area contributed by atoms with Crippen LogP contribution in [0.15, 0.2) is 24.4 Å². The maximum Gasteiger partial charge on any atom is 0.126 e. The molecule has 0 aliphatic carbocycles. The molecule has 0 radical (unpaired) electrons. The van der Waals surface area contributed by atoms with Gasteiger partial charge in [0.15, 0.2) is 0 Å². The molecule has 6 N–H and O–H groups in total. The zero-order valence-corrected chi connectivity index (χ0v) is 9.45. The lowest BCUT2D eigenvalue weighted by molar-refractivity contribution is 0.524. The number of nitrogens with two attached hydrogens (primary N) is 2. The van der Waals surface area contributed by atoms with Gasteiger partial charge in [-0.2, -0.15) is 5.10 Å². The Morgan fingerprint density at radius 1 is 1.39 bits per heavy atom. The minimum absolute atomic E-state index is 0.170. The van der Waals surface area contributed by atoms with Gasteiger partial charge in [0.25, 0.3) is 0 Å². The minimum Gasteiger partial charge on any atom is -0.384 e. The zero-order chi connectivity index (χ0) is 13.1. The van der Waals surface area contributed by atoms with Crippen molar-refractivity contribution in [2.24, 2.45) is 5.84 Å². The summed E-state index contributed by atoms with van der Waals surface area (Å²) in [4.78, 5) is 0. The molecule has 0 spiro atoms. The summed E-state index contributed by atoms with van der Waals surface area (Å²) < 4.78 is 26.6. The number of nitrogen functional groups attached to an aromatic ring is 1. The Bertz CT molecular complexity index is 540. The summed E-state index contributed by atoms with van der Waals surface area (Å²) >= 11 is 0. The highest BCUT2D eigenvalue weighted by Crippen LogP contribution is 2.23. The second kappa shape index (κ2) is 5.11. The molecule has 1 heterocycles. The molecule has 2 aromatic rings. The Morgan fingerprint density at radius 3 is 2.78 bits per heavy atom. The highest BCUT2D eigenvalue weighted by molar-refractivity contribution is 5.40. The Morgan fingerprint density at radius 2 is 2.17 bits per heavy atom. The van der Waals surface area contributed by atoms with E-state index in [0.29, 0.717) is 11.4 Å². The first-order chi connectivity index (χ1) is 8.61. The molecule has 1 atom stereocenters. The summed E-state index contributed by atoms with van der Waals surface area (Å²) in [5.74, 6) is 4.76. The third-order valence-electron chi connectivity index (χ3n) is 2.71. The number of aromatic amines is 1. The lowest BCUT2D eigenvalue weighted by Crippen LogP contribution is -2.30. The van der Waals surface area contributed by atoms with Crippen molar-refractivity contribution in [1.82, 2.24) is 15.6 Å². The van der Waals surface area contributed by atoms with Gasteiger partial charge < -0.3 is 5.73 Å². The summed E-state index contributed by atoms with van der Waals surface area (Å²) in [5, 5.41) is 6.32. The van der Waals surface area contributed by atoms with Gasteiger partial charge in [0.1, 0.15) is 17.5 Å². The van der Waals surface area contributed by atoms with Gasteiger partial charge in [-0.05, 0) is 30.2 Å². The normalized spacial score (nSPS) is 12.6. The van der Waals surface area contributed by atoms with E-state index >= 15 is 0 Å². The van der Waals surface area contributed by atoms with E-state index in [1.54, 1.807) is 0 Å². The van der Waals surface area contributed by atoms with Crippen molar-refractivity contribution in [2.45, 2.75) is 12.5 Å². The van der Waals surface area contributed by atoms with Crippen LogP contribution in [0, 0.1) is 11.6 Å². The first kappa shape index (κ1) is 12.5. The molecule has 0 fully saturated rings. The molecule has 18 heavy (non-hydrogen) atoms. The number of hydrazine groups is 1. The number of aromatic nitrogens is 2. The fourth-order valence-corrected chi connectivity index (χ4v) is 1.76. The SMILES string of the molecule is NNC(Cc1cc(F)ccc1F)c1cn[nH]c1N. The van der Waals surface area contributed by atoms with Crippen molar-refractivity contribution in [3.63, 3.8) is 0 Å². The number of H-pyrrole nitrogens is 1. The average Bonchev–Trinajstić information content (AvgIpc) is 2.77. The highest BCUT2D eigenvalue weighted by Gasteiger charge is 2.17. The predicted molar refractivity (Wildman–Crippen MR) is 63.1 cm³/mol. The maximum absolute atomic E-state index is 13.5. The first-order valence-corrected chi connectivity index (χ1v) is 5.30. The lowest BCUT2D eigenvalue weighted by atomic mass is 10.0. The molecule has 1 unspecified atom stereocenters. The van der Waals surface area contributed by atoms with Gasteiger partial charge in [-0.15, -0.1) is 0 Å². The van der Waals surface area contributed by atoms with Crippen molar-refractivity contribution in [2.75, 3.05) is 5.73 Å². The molecule has 2 rings (SSSR count). The average molecular weight is 253 g/mol. The van der Waals surface area contributed by atoms with Gasteiger partial charge in [-0.1, -0.05) is 0 Å². The smallest absolute Gasteiger partial charge is 0.126 e. The monoisotopic (exact) mass is 253 g/mol. The molecule has 7 heteroatoms. The number of anilines is 1. The second-order valence-electron chi connectivity index (χ2n) is 3.90. The van der Waals surface area contributed by atoms with E-state index in [4.69, 9.17) is 11.6 Å². The molecule has 0 aliphatic rings. The molecule has 0 saturated heterocycles. The fourth-order valence-electron chi connectivity index (χ4n) is 1.76. The summed E-state index contributed by atoms with van der Waals surface area (Å²) in [6.45, 7) is 0. The van der Waals surface area contributed by atoms with Gasteiger partial charge in [-0.3, -0.25) is 16.4 Å². The standard InChI is InChI=1S/C11H13F2N5/c12-7-1-2-9(13)6(3-7)4-10(17-15)8-5-16-18-11(8)14/h1-3,5,10,17H,4,15H2,(H3,14,16,18). The van der Waals surface area contributed by atoms with Crippen LogP contribution in [0.4, 0.5) is 14.6 Å². The molecule has 0 aliphatic heterocycles. The van der Waals surface area contributed by atoms with Crippen LogP contribution in [0.5, 0.6) is 0 Å². The summed E-state index contributed by atoms with van der Waals surface area (Å²) in [7, 11) is 0. The van der Waals surface area contributed by atoms with Crippen molar-refractivity contribution < 1.29 is 8.78 Å². The Balaban J connectivity index is 2.26. The summed E-state index contributed by atoms with van der Waals surface area (Å²) in [5.41, 5.74) is 9.00. The summed E-state index contributed by atoms with van der Waals surface area (Å²) in [6, 6.07) is 2.84. The van der Waals surface area contributed by atoms with Gasteiger partial charge in [0, 0.05) is 5.56 Å². The predicted octanol–water partition coefficient (Wildman–Crippen LogP) is 1.02. The van der Waals surface area contributed by atoms with E-state index in [1.165, 1.54) is 6.20 Å². The van der Waals surface area contributed by atoms with Crippen LogP contribution in [0.25, 0.3) is 0 Å². The topological polar surface area (TPSA) is 92.7 Å². The number of nitrogens with zero attached hydrogens (tertiary/aromatic N) is 1. The first-order valence-electron chi connectivity index (χ1n) is 5.30. The largest absolute Gasteiger partial charge is 0.384 e. The van der Waals surface area contributed by atoms with E-state index in [0.717, 1.165) is 18.2 Å². The van der Waals surface area contributed by atoms with Crippen LogP contribution in [-0.2, 0) is 6.42 Å². The van der Waals surface area contributed by atoms with Crippen LogP contribution in [0.3, 0.4) is 0 Å². The van der Waals surface area contributed by atoms with Gasteiger partial charge in [-0.25, -0.2) is 8.78 Å². The molecule has 0 saturated carbocycles. The van der Waals surface area contributed by atoms with E-state index in [-0.39, 0.29) is 12.0 Å². The van der Waals surface area contributed by atoms with Crippen LogP contribution >= 0.6 is 0 Å². The number of hydrogen-bond acceptors (Lipinski definition) is 4. The van der Waals surface area contributed by atoms with Crippen LogP contribution in [0.1, 0.15) is 17.2 Å². The zero-order valence-electron chi connectivity index (χ0n) is 9.45. The Hall–Kier alpha value is -1.99. The highest BCUT2D eigenvalue weighted by atomic mass is 19.1. The van der Waals surface area contributed by atoms with Crippen molar-refractivity contribution in [3.05, 3.63) is 47.2 Å². The minimum atomic E-state index is -0.498. The van der Waals surface area contributed by atoms with E-state index in [1.807, 2.05) is 0 Å². The lowest BCUT2D eigenvalue weighted by Gasteiger charge is -2.15. The van der Waals surface area contributed by atoms with Crippen LogP contribution < -0.4 is 17.0 Å². The number of benzene rings is 1. The number of hydrogen-bond donors (Lipinski definition) is 4. The van der Waals surface area contributed by atoms with Crippen molar-refractivity contribution in [3.8, 4) is 0 Å². The van der Waals surface area contributed by atoms with Gasteiger partial charge in [0.2, 0.25) is 0 Å². The van der Waals surface area contributed by atoms with Crippen molar-refractivity contribution in [1.29, 1.82) is 0 Å². The number of rotatable bonds is 4. The van der Waals surface area contributed by atoms with E-state index in [9.17, 15) is 8.78 Å². The Kier molecular flexibility index (Phi) is 3.54. The molecule has 0 amide bonds. The molecule has 1 aromatic heterocycles.